The number of benzene rings is 1. The maximum atomic E-state index is 12.7. The number of nitrogens with zero attached hydrogens (tertiary/aromatic N) is 5. The van der Waals surface area contributed by atoms with E-state index in [1.165, 1.54) is 4.68 Å². The third-order valence-electron chi connectivity index (χ3n) is 5.72. The van der Waals surface area contributed by atoms with Crippen molar-refractivity contribution in [2.45, 2.75) is 39.3 Å². The Kier molecular flexibility index (Phi) is 5.23. The molecule has 0 N–H and O–H groups in total. The zero-order chi connectivity index (χ0) is 19.5. The minimum absolute atomic E-state index is 0.00255. The van der Waals surface area contributed by atoms with E-state index in [-0.39, 0.29) is 18.0 Å². The lowest BCUT2D eigenvalue weighted by atomic mass is 9.93. The first kappa shape index (κ1) is 18.4. The Hall–Kier alpha value is -2.96. The fourth-order valence-electron chi connectivity index (χ4n) is 3.90. The molecule has 0 aliphatic carbocycles. The number of hydrogen-bond acceptors (Lipinski definition) is 4. The van der Waals surface area contributed by atoms with E-state index >= 15 is 0 Å². The average molecular weight is 379 g/mol. The lowest BCUT2D eigenvalue weighted by Gasteiger charge is -2.32. The molecule has 1 amide bonds. The van der Waals surface area contributed by atoms with Crippen LogP contribution in [0.15, 0.2) is 47.7 Å². The zero-order valence-electron chi connectivity index (χ0n) is 16.1. The summed E-state index contributed by atoms with van der Waals surface area (Å²) in [4.78, 5) is 31.3. The lowest BCUT2D eigenvalue weighted by molar-refractivity contribution is -0.133. The van der Waals surface area contributed by atoms with E-state index in [9.17, 15) is 9.59 Å². The van der Waals surface area contributed by atoms with Crippen molar-refractivity contribution in [1.29, 1.82) is 0 Å². The number of imidazole rings is 1. The highest BCUT2D eigenvalue weighted by atomic mass is 16.2. The van der Waals surface area contributed by atoms with Crippen LogP contribution in [0.25, 0.3) is 10.8 Å². The predicted molar refractivity (Wildman–Crippen MR) is 107 cm³/mol. The number of hydrogen-bond donors (Lipinski definition) is 0. The molecule has 0 saturated carbocycles. The molecule has 3 aromatic rings. The number of aryl methyl sites for hydroxylation is 2. The summed E-state index contributed by atoms with van der Waals surface area (Å²) >= 11 is 0. The quantitative estimate of drug-likeness (QED) is 0.681. The third kappa shape index (κ3) is 3.83. The summed E-state index contributed by atoms with van der Waals surface area (Å²) in [7, 11) is 0. The van der Waals surface area contributed by atoms with E-state index in [4.69, 9.17) is 0 Å². The van der Waals surface area contributed by atoms with Crippen molar-refractivity contribution >= 4 is 16.7 Å². The molecule has 1 fully saturated rings. The average Bonchev–Trinajstić information content (AvgIpc) is 3.14. The normalized spacial score (nSPS) is 15.2. The minimum Gasteiger partial charge on any atom is -0.341 e. The molecule has 7 nitrogen and oxygen atoms in total. The summed E-state index contributed by atoms with van der Waals surface area (Å²) in [6.07, 6.45) is 8.60. The highest BCUT2D eigenvalue weighted by molar-refractivity contribution is 5.81. The first-order valence-electron chi connectivity index (χ1n) is 9.82. The van der Waals surface area contributed by atoms with E-state index in [0.717, 1.165) is 50.1 Å². The van der Waals surface area contributed by atoms with Crippen LogP contribution in [-0.4, -0.2) is 43.2 Å². The molecule has 7 heteroatoms. The van der Waals surface area contributed by atoms with Gasteiger partial charge in [-0.1, -0.05) is 18.2 Å². The molecule has 0 radical (unpaired) electrons. The second-order valence-corrected chi connectivity index (χ2v) is 7.48. The number of fused-ring (bicyclic) bond motifs is 1. The third-order valence-corrected chi connectivity index (χ3v) is 5.72. The van der Waals surface area contributed by atoms with E-state index in [0.29, 0.717) is 11.3 Å². The Balaban J connectivity index is 1.32. The van der Waals surface area contributed by atoms with Gasteiger partial charge in [-0.05, 0) is 38.2 Å². The van der Waals surface area contributed by atoms with Crippen molar-refractivity contribution < 1.29 is 4.79 Å². The van der Waals surface area contributed by atoms with Gasteiger partial charge in [0, 0.05) is 37.4 Å². The number of piperidine rings is 1. The summed E-state index contributed by atoms with van der Waals surface area (Å²) in [6, 6.07) is 7.32. The predicted octanol–water partition coefficient (Wildman–Crippen LogP) is 2.23. The first-order valence-corrected chi connectivity index (χ1v) is 9.82. The summed E-state index contributed by atoms with van der Waals surface area (Å²) < 4.78 is 3.45. The van der Waals surface area contributed by atoms with Gasteiger partial charge in [0.05, 0.1) is 11.6 Å². The summed E-state index contributed by atoms with van der Waals surface area (Å²) in [5.41, 5.74) is -0.211. The van der Waals surface area contributed by atoms with Crippen LogP contribution in [0.5, 0.6) is 0 Å². The lowest BCUT2D eigenvalue weighted by Crippen LogP contribution is -2.42. The van der Waals surface area contributed by atoms with Crippen LogP contribution in [0.4, 0.5) is 0 Å². The molecule has 1 aliphatic rings. The summed E-state index contributed by atoms with van der Waals surface area (Å²) in [5, 5.41) is 5.56. The van der Waals surface area contributed by atoms with Gasteiger partial charge >= 0.3 is 0 Å². The van der Waals surface area contributed by atoms with Gasteiger partial charge in [0.15, 0.2) is 0 Å². The van der Waals surface area contributed by atoms with Crippen LogP contribution in [0, 0.1) is 12.8 Å². The second kappa shape index (κ2) is 7.96. The van der Waals surface area contributed by atoms with Crippen molar-refractivity contribution in [3.05, 3.63) is 59.0 Å². The Bertz CT molecular complexity index is 1030. The molecule has 3 heterocycles. The highest BCUT2D eigenvalue weighted by Gasteiger charge is 2.23. The molecule has 28 heavy (non-hydrogen) atoms. The molecule has 1 aromatic carbocycles. The SMILES string of the molecule is Cc1nccn1CCC1CCN(C(=O)Cn2ncc3ccccc3c2=O)CC1. The van der Waals surface area contributed by atoms with Crippen molar-refractivity contribution in [2.24, 2.45) is 5.92 Å². The van der Waals surface area contributed by atoms with Crippen molar-refractivity contribution in [3.8, 4) is 0 Å². The van der Waals surface area contributed by atoms with Gasteiger partial charge in [-0.2, -0.15) is 5.10 Å². The van der Waals surface area contributed by atoms with Crippen molar-refractivity contribution in [2.75, 3.05) is 13.1 Å². The standard InChI is InChI=1S/C21H25N5O2/c1-16-22-9-13-24(16)10-6-17-7-11-25(12-8-17)20(27)15-26-21(28)19-5-3-2-4-18(19)14-23-26/h2-5,9,13-14,17H,6-8,10-12,15H2,1H3. The van der Waals surface area contributed by atoms with Crippen molar-refractivity contribution in [3.63, 3.8) is 0 Å². The molecule has 1 aliphatic heterocycles. The van der Waals surface area contributed by atoms with Gasteiger partial charge in [0.1, 0.15) is 12.4 Å². The first-order chi connectivity index (χ1) is 13.6. The molecular formula is C21H25N5O2. The molecule has 4 rings (SSSR count). The number of amides is 1. The number of carbonyl (C=O) groups excluding carboxylic acids is 1. The Morgan fingerprint density at radius 2 is 2.00 bits per heavy atom. The van der Waals surface area contributed by atoms with Gasteiger partial charge in [0.2, 0.25) is 5.91 Å². The van der Waals surface area contributed by atoms with Gasteiger partial charge in [-0.15, -0.1) is 0 Å². The topological polar surface area (TPSA) is 73.0 Å². The summed E-state index contributed by atoms with van der Waals surface area (Å²) in [6.45, 7) is 4.48. The van der Waals surface area contributed by atoms with Crippen LogP contribution >= 0.6 is 0 Å². The second-order valence-electron chi connectivity index (χ2n) is 7.48. The van der Waals surface area contributed by atoms with Crippen LogP contribution in [0.2, 0.25) is 0 Å². The monoisotopic (exact) mass is 379 g/mol. The molecule has 0 unspecified atom stereocenters. The van der Waals surface area contributed by atoms with Gasteiger partial charge in [-0.25, -0.2) is 9.67 Å². The number of rotatable bonds is 5. The molecule has 1 saturated heterocycles. The van der Waals surface area contributed by atoms with Crippen molar-refractivity contribution in [1.82, 2.24) is 24.2 Å². The fraction of sp³-hybridized carbons (Fsp3) is 0.429. The Morgan fingerprint density at radius 1 is 1.21 bits per heavy atom. The van der Waals surface area contributed by atoms with Crippen LogP contribution in [0.1, 0.15) is 25.1 Å². The molecule has 0 atom stereocenters. The van der Waals surface area contributed by atoms with E-state index < -0.39 is 0 Å². The van der Waals surface area contributed by atoms with Gasteiger partial charge in [0.25, 0.3) is 5.56 Å². The highest BCUT2D eigenvalue weighted by Crippen LogP contribution is 2.21. The smallest absolute Gasteiger partial charge is 0.275 e. The maximum Gasteiger partial charge on any atom is 0.275 e. The molecular weight excluding hydrogens is 354 g/mol. The fourth-order valence-corrected chi connectivity index (χ4v) is 3.90. The van der Waals surface area contributed by atoms with Crippen LogP contribution < -0.4 is 5.56 Å². The summed E-state index contributed by atoms with van der Waals surface area (Å²) in [5.74, 6) is 1.63. The molecule has 0 spiro atoms. The van der Waals surface area contributed by atoms with Crippen LogP contribution in [-0.2, 0) is 17.9 Å². The van der Waals surface area contributed by atoms with Gasteiger partial charge < -0.3 is 9.47 Å². The minimum atomic E-state index is -0.211. The van der Waals surface area contributed by atoms with E-state index in [1.807, 2.05) is 42.4 Å². The van der Waals surface area contributed by atoms with Gasteiger partial charge in [-0.3, -0.25) is 9.59 Å². The number of aromatic nitrogens is 4. The largest absolute Gasteiger partial charge is 0.341 e. The Morgan fingerprint density at radius 3 is 2.75 bits per heavy atom. The Labute approximate surface area is 163 Å². The van der Waals surface area contributed by atoms with E-state index in [2.05, 4.69) is 14.6 Å². The number of carbonyl (C=O) groups is 1. The molecule has 146 valence electrons. The molecule has 2 aromatic heterocycles. The van der Waals surface area contributed by atoms with E-state index in [1.54, 1.807) is 12.3 Å². The maximum absolute atomic E-state index is 12.7. The van der Waals surface area contributed by atoms with Crippen LogP contribution in [0.3, 0.4) is 0 Å². The number of likely N-dealkylation sites (tertiary alicyclic amines) is 1. The molecule has 0 bridgehead atoms. The zero-order valence-corrected chi connectivity index (χ0v) is 16.1.